The highest BCUT2D eigenvalue weighted by molar-refractivity contribution is 6.00. The summed E-state index contributed by atoms with van der Waals surface area (Å²) in [6.07, 6.45) is 2.93. The van der Waals surface area contributed by atoms with Gasteiger partial charge >= 0.3 is 5.97 Å². The third kappa shape index (κ3) is 2.60. The first-order chi connectivity index (χ1) is 11.5. The van der Waals surface area contributed by atoms with Gasteiger partial charge in [-0.1, -0.05) is 30.3 Å². The van der Waals surface area contributed by atoms with Crippen LogP contribution >= 0.6 is 0 Å². The zero-order chi connectivity index (χ0) is 17.3. The van der Waals surface area contributed by atoms with E-state index in [0.717, 1.165) is 24.8 Å². The number of nitrogens with one attached hydrogen (secondary N) is 2. The van der Waals surface area contributed by atoms with Gasteiger partial charge in [-0.2, -0.15) is 0 Å². The van der Waals surface area contributed by atoms with Crippen LogP contribution < -0.4 is 5.32 Å². The van der Waals surface area contributed by atoms with Crippen molar-refractivity contribution in [3.05, 3.63) is 58.4 Å². The Hall–Kier alpha value is -2.56. The van der Waals surface area contributed by atoms with E-state index in [1.54, 1.807) is 13.8 Å². The monoisotopic (exact) mass is 326 g/mol. The molecular weight excluding hydrogens is 304 g/mol. The Morgan fingerprint density at radius 2 is 1.83 bits per heavy atom. The Morgan fingerprint density at radius 3 is 2.38 bits per heavy atom. The summed E-state index contributed by atoms with van der Waals surface area (Å²) in [7, 11) is 1.34. The van der Waals surface area contributed by atoms with Crippen LogP contribution in [-0.2, 0) is 10.3 Å². The Kier molecular flexibility index (Phi) is 4.18. The number of hydrogen-bond acceptors (Lipinski definition) is 3. The van der Waals surface area contributed by atoms with E-state index in [9.17, 15) is 9.59 Å². The maximum Gasteiger partial charge on any atom is 0.339 e. The smallest absolute Gasteiger partial charge is 0.339 e. The number of amides is 1. The molecule has 1 aliphatic carbocycles. The van der Waals surface area contributed by atoms with Gasteiger partial charge in [0.2, 0.25) is 0 Å². The van der Waals surface area contributed by atoms with Crippen molar-refractivity contribution in [2.75, 3.05) is 7.11 Å². The van der Waals surface area contributed by atoms with Gasteiger partial charge in [-0.05, 0) is 44.2 Å². The molecule has 3 rings (SSSR count). The van der Waals surface area contributed by atoms with Gasteiger partial charge in [-0.15, -0.1) is 0 Å². The van der Waals surface area contributed by atoms with Gasteiger partial charge in [0.05, 0.1) is 18.2 Å². The summed E-state index contributed by atoms with van der Waals surface area (Å²) in [5.41, 5.74) is 2.94. The molecule has 1 aromatic carbocycles. The quantitative estimate of drug-likeness (QED) is 0.847. The molecule has 0 bridgehead atoms. The first-order valence-electron chi connectivity index (χ1n) is 8.14. The van der Waals surface area contributed by atoms with Crippen molar-refractivity contribution in [2.45, 2.75) is 38.6 Å². The number of rotatable bonds is 4. The van der Waals surface area contributed by atoms with Crippen LogP contribution in [0.3, 0.4) is 0 Å². The van der Waals surface area contributed by atoms with Crippen molar-refractivity contribution in [1.29, 1.82) is 0 Å². The van der Waals surface area contributed by atoms with Crippen LogP contribution in [0.2, 0.25) is 0 Å². The van der Waals surface area contributed by atoms with Crippen molar-refractivity contribution in [1.82, 2.24) is 10.3 Å². The number of carbonyl (C=O) groups excluding carboxylic acids is 2. The minimum atomic E-state index is -0.429. The predicted molar refractivity (Wildman–Crippen MR) is 91.0 cm³/mol. The van der Waals surface area contributed by atoms with Crippen LogP contribution in [0.15, 0.2) is 30.3 Å². The maximum atomic E-state index is 12.8. The third-order valence-corrected chi connectivity index (χ3v) is 4.94. The second-order valence-corrected chi connectivity index (χ2v) is 6.37. The standard InChI is InChI=1S/C19H22N2O3/c1-12-15(18(23)24-3)13(2)20-16(12)17(22)21-19(10-7-11-19)14-8-5-4-6-9-14/h4-6,8-9,20H,7,10-11H2,1-3H3,(H,21,22). The number of H-pyrrole nitrogens is 1. The van der Waals surface area contributed by atoms with Crippen LogP contribution in [0.1, 0.15) is 56.9 Å². The Bertz CT molecular complexity index is 773. The van der Waals surface area contributed by atoms with Crippen molar-refractivity contribution >= 4 is 11.9 Å². The topological polar surface area (TPSA) is 71.2 Å². The molecule has 1 heterocycles. The van der Waals surface area contributed by atoms with Gasteiger partial charge in [-0.25, -0.2) is 4.79 Å². The molecule has 0 aliphatic heterocycles. The largest absolute Gasteiger partial charge is 0.465 e. The second kappa shape index (κ2) is 6.15. The number of benzene rings is 1. The molecule has 24 heavy (non-hydrogen) atoms. The second-order valence-electron chi connectivity index (χ2n) is 6.37. The first-order valence-corrected chi connectivity index (χ1v) is 8.14. The highest BCUT2D eigenvalue weighted by Crippen LogP contribution is 2.41. The van der Waals surface area contributed by atoms with E-state index in [2.05, 4.69) is 10.3 Å². The van der Waals surface area contributed by atoms with Gasteiger partial charge < -0.3 is 15.0 Å². The number of aromatic amines is 1. The van der Waals surface area contributed by atoms with Crippen LogP contribution in [0.4, 0.5) is 0 Å². The van der Waals surface area contributed by atoms with E-state index < -0.39 is 5.97 Å². The summed E-state index contributed by atoms with van der Waals surface area (Å²) in [4.78, 5) is 27.8. The molecular formula is C19H22N2O3. The third-order valence-electron chi connectivity index (χ3n) is 4.94. The van der Waals surface area contributed by atoms with Gasteiger partial charge in [0.25, 0.3) is 5.91 Å². The minimum Gasteiger partial charge on any atom is -0.465 e. The van der Waals surface area contributed by atoms with Crippen molar-refractivity contribution in [3.8, 4) is 0 Å². The summed E-state index contributed by atoms with van der Waals surface area (Å²) in [5.74, 6) is -0.615. The molecule has 126 valence electrons. The maximum absolute atomic E-state index is 12.8. The van der Waals surface area contributed by atoms with E-state index in [-0.39, 0.29) is 11.4 Å². The molecule has 1 saturated carbocycles. The van der Waals surface area contributed by atoms with Gasteiger partial charge in [0, 0.05) is 5.69 Å². The Morgan fingerprint density at radius 1 is 1.17 bits per heavy atom. The van der Waals surface area contributed by atoms with Gasteiger partial charge in [-0.3, -0.25) is 4.79 Å². The fourth-order valence-electron chi connectivity index (χ4n) is 3.44. The minimum absolute atomic E-state index is 0.186. The molecule has 0 saturated heterocycles. The molecule has 0 atom stereocenters. The van der Waals surface area contributed by atoms with E-state index >= 15 is 0 Å². The van der Waals surface area contributed by atoms with Crippen molar-refractivity contribution < 1.29 is 14.3 Å². The van der Waals surface area contributed by atoms with Crippen molar-refractivity contribution in [3.63, 3.8) is 0 Å². The number of ether oxygens (including phenoxy) is 1. The van der Waals surface area contributed by atoms with Crippen LogP contribution in [0, 0.1) is 13.8 Å². The number of aryl methyl sites for hydroxylation is 1. The molecule has 2 aromatic rings. The van der Waals surface area contributed by atoms with E-state index in [1.165, 1.54) is 7.11 Å². The summed E-state index contributed by atoms with van der Waals surface area (Å²) in [5, 5.41) is 3.18. The number of hydrogen-bond donors (Lipinski definition) is 2. The zero-order valence-corrected chi connectivity index (χ0v) is 14.2. The molecule has 5 heteroatoms. The number of esters is 1. The van der Waals surface area contributed by atoms with Gasteiger partial charge in [0.15, 0.2) is 0 Å². The highest BCUT2D eigenvalue weighted by Gasteiger charge is 2.40. The predicted octanol–water partition coefficient (Wildman–Crippen LogP) is 3.23. The lowest BCUT2D eigenvalue weighted by molar-refractivity contribution is 0.0599. The first kappa shape index (κ1) is 16.3. The number of carbonyl (C=O) groups is 2. The molecule has 1 amide bonds. The molecule has 2 N–H and O–H groups in total. The molecule has 1 aliphatic rings. The summed E-state index contributed by atoms with van der Waals surface area (Å²) >= 11 is 0. The van der Waals surface area contributed by atoms with Gasteiger partial charge in [0.1, 0.15) is 5.69 Å². The average Bonchev–Trinajstić information content (AvgIpc) is 2.85. The van der Waals surface area contributed by atoms with Crippen LogP contribution in [-0.4, -0.2) is 24.0 Å². The highest BCUT2D eigenvalue weighted by atomic mass is 16.5. The Balaban J connectivity index is 1.89. The SMILES string of the molecule is COC(=O)c1c(C)[nH]c(C(=O)NC2(c3ccccc3)CCC2)c1C. The lowest BCUT2D eigenvalue weighted by Crippen LogP contribution is -2.51. The van der Waals surface area contributed by atoms with Crippen molar-refractivity contribution in [2.24, 2.45) is 0 Å². The summed E-state index contributed by atoms with van der Waals surface area (Å²) in [6.45, 7) is 3.53. The average molecular weight is 326 g/mol. The molecule has 1 fully saturated rings. The number of aromatic nitrogens is 1. The summed E-state index contributed by atoms with van der Waals surface area (Å²) < 4.78 is 4.80. The van der Waals surface area contributed by atoms with E-state index in [4.69, 9.17) is 4.74 Å². The lowest BCUT2D eigenvalue weighted by atomic mass is 9.71. The number of methoxy groups -OCH3 is 1. The van der Waals surface area contributed by atoms with Crippen LogP contribution in [0.25, 0.3) is 0 Å². The molecule has 0 radical (unpaired) electrons. The normalized spacial score (nSPS) is 15.5. The molecule has 5 nitrogen and oxygen atoms in total. The fourth-order valence-corrected chi connectivity index (χ4v) is 3.44. The Labute approximate surface area is 141 Å². The van der Waals surface area contributed by atoms with E-state index in [1.807, 2.05) is 30.3 Å². The molecule has 0 spiro atoms. The van der Waals surface area contributed by atoms with Crippen LogP contribution in [0.5, 0.6) is 0 Å². The molecule has 1 aromatic heterocycles. The summed E-state index contributed by atoms with van der Waals surface area (Å²) in [6, 6.07) is 10.0. The zero-order valence-electron chi connectivity index (χ0n) is 14.2. The van der Waals surface area contributed by atoms with E-state index in [0.29, 0.717) is 22.5 Å². The lowest BCUT2D eigenvalue weighted by Gasteiger charge is -2.43. The fraction of sp³-hybridized carbons (Fsp3) is 0.368. The molecule has 0 unspecified atom stereocenters.